The van der Waals surface area contributed by atoms with Crippen molar-refractivity contribution < 1.29 is 22.7 Å². The first-order chi connectivity index (χ1) is 13.9. The largest absolute Gasteiger partial charge is 0.381 e. The summed E-state index contributed by atoms with van der Waals surface area (Å²) in [5.41, 5.74) is 1.23. The predicted molar refractivity (Wildman–Crippen MR) is 103 cm³/mol. The number of nitrogens with one attached hydrogen (secondary N) is 1. The molecule has 1 aromatic carbocycles. The summed E-state index contributed by atoms with van der Waals surface area (Å²) >= 11 is 5.47. The number of fused-ring (bicyclic) bond motifs is 1. The second kappa shape index (κ2) is 7.95. The number of halogens is 3. The van der Waals surface area contributed by atoms with E-state index < -0.39 is 23.4 Å². The number of rotatable bonds is 4. The minimum atomic E-state index is -1.16. The van der Waals surface area contributed by atoms with Crippen LogP contribution in [0.25, 0.3) is 0 Å². The molecule has 3 heterocycles. The van der Waals surface area contributed by atoms with E-state index >= 15 is 0 Å². The van der Waals surface area contributed by atoms with Crippen molar-refractivity contribution in [3.05, 3.63) is 51.3 Å². The zero-order valence-electron chi connectivity index (χ0n) is 16.0. The number of imidazole rings is 1. The summed E-state index contributed by atoms with van der Waals surface area (Å²) in [6.07, 6.45) is 1.97. The average Bonchev–Trinajstić information content (AvgIpc) is 3.21. The van der Waals surface area contributed by atoms with Gasteiger partial charge in [0.15, 0.2) is 16.4 Å². The average molecular weight is 425 g/mol. The molecule has 29 heavy (non-hydrogen) atoms. The normalized spacial score (nSPS) is 19.4. The van der Waals surface area contributed by atoms with Gasteiger partial charge in [0.25, 0.3) is 0 Å². The van der Waals surface area contributed by atoms with Gasteiger partial charge in [0.05, 0.1) is 6.42 Å². The van der Waals surface area contributed by atoms with Crippen LogP contribution in [0.2, 0.25) is 0 Å². The first kappa shape index (κ1) is 20.2. The van der Waals surface area contributed by atoms with E-state index in [2.05, 4.69) is 5.32 Å². The van der Waals surface area contributed by atoms with Crippen molar-refractivity contribution in [1.29, 1.82) is 0 Å². The minimum absolute atomic E-state index is 0.0865. The number of ether oxygens (including phenoxy) is 1. The second-order valence-corrected chi connectivity index (χ2v) is 8.00. The number of aromatic nitrogens is 2. The molecule has 2 aliphatic rings. The zero-order chi connectivity index (χ0) is 20.7. The molecule has 2 aromatic rings. The highest BCUT2D eigenvalue weighted by Crippen LogP contribution is 2.36. The number of hydrogen-bond donors (Lipinski definition) is 1. The van der Waals surface area contributed by atoms with E-state index in [1.54, 1.807) is 16.2 Å². The van der Waals surface area contributed by atoms with Gasteiger partial charge in [-0.25, -0.2) is 13.2 Å². The number of carbonyl (C=O) groups is 1. The van der Waals surface area contributed by atoms with Crippen molar-refractivity contribution >= 4 is 18.1 Å². The Kier molecular flexibility index (Phi) is 5.52. The first-order valence-electron chi connectivity index (χ1n) is 9.64. The second-order valence-electron chi connectivity index (χ2n) is 7.63. The lowest BCUT2D eigenvalue weighted by Gasteiger charge is -2.23. The van der Waals surface area contributed by atoms with Crippen LogP contribution in [0.15, 0.2) is 12.1 Å². The van der Waals surface area contributed by atoms with Gasteiger partial charge >= 0.3 is 0 Å². The van der Waals surface area contributed by atoms with Crippen LogP contribution in [0.5, 0.6) is 0 Å². The lowest BCUT2D eigenvalue weighted by molar-refractivity contribution is -0.121. The monoisotopic (exact) mass is 425 g/mol. The van der Waals surface area contributed by atoms with Gasteiger partial charge in [-0.3, -0.25) is 4.79 Å². The number of carbonyl (C=O) groups excluding carboxylic acids is 1. The minimum Gasteiger partial charge on any atom is -0.381 e. The van der Waals surface area contributed by atoms with Crippen LogP contribution < -0.4 is 5.32 Å². The Hall–Kier alpha value is -2.13. The molecule has 4 rings (SSSR count). The lowest BCUT2D eigenvalue weighted by atomic mass is 9.95. The van der Waals surface area contributed by atoms with Gasteiger partial charge in [-0.15, -0.1) is 0 Å². The van der Waals surface area contributed by atoms with Crippen molar-refractivity contribution in [3.8, 4) is 0 Å². The van der Waals surface area contributed by atoms with E-state index in [0.717, 1.165) is 36.4 Å². The highest BCUT2D eigenvalue weighted by atomic mass is 32.1. The molecule has 0 bridgehead atoms. The van der Waals surface area contributed by atoms with E-state index in [9.17, 15) is 18.0 Å². The Morgan fingerprint density at radius 2 is 1.93 bits per heavy atom. The maximum absolute atomic E-state index is 14.3. The molecular formula is C20H22F3N3O2S. The molecule has 1 saturated heterocycles. The van der Waals surface area contributed by atoms with Crippen LogP contribution in [0, 0.1) is 22.2 Å². The molecule has 0 radical (unpaired) electrons. The van der Waals surface area contributed by atoms with Crippen LogP contribution in [-0.4, -0.2) is 34.3 Å². The van der Waals surface area contributed by atoms with Gasteiger partial charge in [0.1, 0.15) is 5.82 Å². The van der Waals surface area contributed by atoms with E-state index in [0.29, 0.717) is 24.4 Å². The third-order valence-electron chi connectivity index (χ3n) is 5.83. The molecule has 0 aliphatic carbocycles. The topological polar surface area (TPSA) is 48.2 Å². The molecule has 1 N–H and O–H groups in total. The fourth-order valence-electron chi connectivity index (χ4n) is 4.30. The molecule has 9 heteroatoms. The van der Waals surface area contributed by atoms with E-state index in [-0.39, 0.29) is 30.5 Å². The first-order valence-corrected chi connectivity index (χ1v) is 10.1. The van der Waals surface area contributed by atoms with Gasteiger partial charge < -0.3 is 19.2 Å². The van der Waals surface area contributed by atoms with Crippen molar-refractivity contribution in [2.75, 3.05) is 13.2 Å². The molecule has 0 unspecified atom stereocenters. The standard InChI is InChI=1S/C20H22F3N3O2S/c1-25-15(9-17(27)24-12-4-6-28-7-5-12)16-8-11(10-26(16)20(25)29)18-13(21)2-3-14(22)19(18)23/h2-3,11-12H,4-10H2,1H3,(H,24,27)/t11-/m0/s1. The molecular weight excluding hydrogens is 403 g/mol. The summed E-state index contributed by atoms with van der Waals surface area (Å²) < 4.78 is 51.5. The van der Waals surface area contributed by atoms with E-state index in [4.69, 9.17) is 17.0 Å². The molecule has 156 valence electrons. The van der Waals surface area contributed by atoms with Crippen molar-refractivity contribution in [2.45, 2.75) is 44.2 Å². The maximum Gasteiger partial charge on any atom is 0.226 e. The third-order valence-corrected chi connectivity index (χ3v) is 6.32. The summed E-state index contributed by atoms with van der Waals surface area (Å²) in [6.45, 7) is 1.51. The Labute approximate surface area is 171 Å². The number of benzene rings is 1. The molecule has 1 amide bonds. The van der Waals surface area contributed by atoms with Crippen molar-refractivity contribution in [2.24, 2.45) is 7.05 Å². The van der Waals surface area contributed by atoms with Crippen LogP contribution in [0.4, 0.5) is 13.2 Å². The third kappa shape index (κ3) is 3.73. The maximum atomic E-state index is 14.3. The number of nitrogens with zero attached hydrogens (tertiary/aromatic N) is 2. The Balaban J connectivity index is 1.57. The SMILES string of the molecule is Cn1c(CC(=O)NC2CCOCC2)c2n(c1=S)C[C@@H](c1c(F)ccc(F)c1F)C2. The number of amides is 1. The van der Waals surface area contributed by atoms with Crippen LogP contribution in [0.1, 0.15) is 35.7 Å². The molecule has 1 fully saturated rings. The molecule has 0 spiro atoms. The van der Waals surface area contributed by atoms with E-state index in [1.807, 2.05) is 0 Å². The van der Waals surface area contributed by atoms with Crippen LogP contribution in [0.3, 0.4) is 0 Å². The Morgan fingerprint density at radius 3 is 2.66 bits per heavy atom. The fourth-order valence-corrected chi connectivity index (χ4v) is 4.59. The van der Waals surface area contributed by atoms with Crippen molar-refractivity contribution in [3.63, 3.8) is 0 Å². The molecule has 5 nitrogen and oxygen atoms in total. The van der Waals surface area contributed by atoms with Gasteiger partial charge in [0, 0.05) is 55.7 Å². The summed E-state index contributed by atoms with van der Waals surface area (Å²) in [5.74, 6) is -3.69. The number of hydrogen-bond acceptors (Lipinski definition) is 3. The van der Waals surface area contributed by atoms with Gasteiger partial charge in [-0.1, -0.05) is 0 Å². The lowest BCUT2D eigenvalue weighted by Crippen LogP contribution is -2.40. The highest BCUT2D eigenvalue weighted by molar-refractivity contribution is 7.71. The fraction of sp³-hybridized carbons (Fsp3) is 0.500. The van der Waals surface area contributed by atoms with Gasteiger partial charge in [-0.2, -0.15) is 0 Å². The highest BCUT2D eigenvalue weighted by Gasteiger charge is 2.33. The molecule has 0 saturated carbocycles. The quantitative estimate of drug-likeness (QED) is 0.605. The van der Waals surface area contributed by atoms with E-state index in [1.165, 1.54) is 0 Å². The zero-order valence-corrected chi connectivity index (χ0v) is 16.8. The summed E-state index contributed by atoms with van der Waals surface area (Å²) in [4.78, 5) is 12.6. The molecule has 2 aliphatic heterocycles. The predicted octanol–water partition coefficient (Wildman–Crippen LogP) is 3.15. The van der Waals surface area contributed by atoms with Gasteiger partial charge in [-0.05, 0) is 43.6 Å². The summed E-state index contributed by atoms with van der Waals surface area (Å²) in [7, 11) is 1.78. The van der Waals surface area contributed by atoms with Crippen LogP contribution in [-0.2, 0) is 36.0 Å². The molecule has 1 aromatic heterocycles. The van der Waals surface area contributed by atoms with Gasteiger partial charge in [0.2, 0.25) is 5.91 Å². The van der Waals surface area contributed by atoms with Crippen LogP contribution >= 0.6 is 12.2 Å². The van der Waals surface area contributed by atoms with Crippen molar-refractivity contribution in [1.82, 2.24) is 14.5 Å². The smallest absolute Gasteiger partial charge is 0.226 e. The molecule has 1 atom stereocenters. The summed E-state index contributed by atoms with van der Waals surface area (Å²) in [5, 5.41) is 3.02. The summed E-state index contributed by atoms with van der Waals surface area (Å²) in [6, 6.07) is 1.81. The Bertz CT molecular complexity index is 1010. The Morgan fingerprint density at radius 1 is 1.24 bits per heavy atom.